The molecule has 0 fully saturated rings. The van der Waals surface area contributed by atoms with Crippen LogP contribution in [0.15, 0.2) is 12.4 Å². The Balaban J connectivity index is 2.93. The highest BCUT2D eigenvalue weighted by atomic mass is 127. The number of halogens is 2. The van der Waals surface area contributed by atoms with Crippen molar-refractivity contribution in [2.45, 2.75) is 0 Å². The second-order valence-electron chi connectivity index (χ2n) is 2.43. The van der Waals surface area contributed by atoms with E-state index < -0.39 is 0 Å². The number of aromatic nitrogens is 3. The lowest BCUT2D eigenvalue weighted by molar-refractivity contribution is 0.616. The van der Waals surface area contributed by atoms with Crippen LogP contribution in [0.1, 0.15) is 0 Å². The van der Waals surface area contributed by atoms with Gasteiger partial charge in [-0.2, -0.15) is 5.10 Å². The zero-order chi connectivity index (χ0) is 8.72. The standard InChI is InChI=1S/C7H5FIN3/c1-12-7-4(2-11-12)6(9)5(8)3-10-7/h2-3H,1H3. The maximum Gasteiger partial charge on any atom is 0.158 e. The van der Waals surface area contributed by atoms with Crippen molar-refractivity contribution >= 4 is 33.6 Å². The van der Waals surface area contributed by atoms with Crippen LogP contribution in [0, 0.1) is 9.39 Å². The highest BCUT2D eigenvalue weighted by molar-refractivity contribution is 14.1. The third-order valence-corrected chi connectivity index (χ3v) is 2.75. The summed E-state index contributed by atoms with van der Waals surface area (Å²) in [6, 6.07) is 0. The summed E-state index contributed by atoms with van der Waals surface area (Å²) in [5, 5.41) is 4.74. The summed E-state index contributed by atoms with van der Waals surface area (Å²) in [7, 11) is 1.78. The van der Waals surface area contributed by atoms with E-state index in [1.54, 1.807) is 17.9 Å². The molecule has 0 radical (unpaired) electrons. The van der Waals surface area contributed by atoms with Crippen LogP contribution in [0.2, 0.25) is 0 Å². The summed E-state index contributed by atoms with van der Waals surface area (Å²) in [5.74, 6) is -0.295. The molecule has 12 heavy (non-hydrogen) atoms. The number of fused-ring (bicyclic) bond motifs is 1. The minimum absolute atomic E-state index is 0.295. The van der Waals surface area contributed by atoms with Gasteiger partial charge >= 0.3 is 0 Å². The molecule has 0 spiro atoms. The van der Waals surface area contributed by atoms with E-state index in [0.29, 0.717) is 9.22 Å². The van der Waals surface area contributed by atoms with Gasteiger partial charge in [-0.05, 0) is 22.6 Å². The van der Waals surface area contributed by atoms with Gasteiger partial charge in [0.2, 0.25) is 0 Å². The van der Waals surface area contributed by atoms with Gasteiger partial charge in [0.15, 0.2) is 11.5 Å². The molecule has 0 aliphatic carbocycles. The first-order valence-corrected chi connectivity index (χ1v) is 4.39. The molecule has 2 heterocycles. The fraction of sp³-hybridized carbons (Fsp3) is 0.143. The summed E-state index contributed by atoms with van der Waals surface area (Å²) >= 11 is 1.95. The van der Waals surface area contributed by atoms with Gasteiger partial charge in [-0.1, -0.05) is 0 Å². The number of hydrogen-bond donors (Lipinski definition) is 0. The van der Waals surface area contributed by atoms with Crippen molar-refractivity contribution in [3.8, 4) is 0 Å². The molecule has 0 amide bonds. The van der Waals surface area contributed by atoms with E-state index in [4.69, 9.17) is 0 Å². The first-order valence-electron chi connectivity index (χ1n) is 3.32. The van der Waals surface area contributed by atoms with E-state index in [-0.39, 0.29) is 5.82 Å². The predicted octanol–water partition coefficient (Wildman–Crippen LogP) is 1.71. The Labute approximate surface area is 81.7 Å². The van der Waals surface area contributed by atoms with Gasteiger partial charge in [0.1, 0.15) is 0 Å². The van der Waals surface area contributed by atoms with Gasteiger partial charge in [0, 0.05) is 7.05 Å². The number of hydrogen-bond acceptors (Lipinski definition) is 2. The van der Waals surface area contributed by atoms with E-state index in [1.807, 2.05) is 22.6 Å². The minimum Gasteiger partial charge on any atom is -0.250 e. The van der Waals surface area contributed by atoms with Gasteiger partial charge in [0.25, 0.3) is 0 Å². The summed E-state index contributed by atoms with van der Waals surface area (Å²) in [6.07, 6.45) is 2.83. The molecule has 0 aliphatic rings. The molecule has 62 valence electrons. The largest absolute Gasteiger partial charge is 0.250 e. The van der Waals surface area contributed by atoms with Crippen LogP contribution in [0.5, 0.6) is 0 Å². The Morgan fingerprint density at radius 2 is 2.25 bits per heavy atom. The maximum atomic E-state index is 13.0. The van der Waals surface area contributed by atoms with E-state index >= 15 is 0 Å². The summed E-state index contributed by atoms with van der Waals surface area (Å²) in [5.41, 5.74) is 0.709. The highest BCUT2D eigenvalue weighted by Gasteiger charge is 2.08. The number of rotatable bonds is 0. The smallest absolute Gasteiger partial charge is 0.158 e. The molecule has 2 aromatic rings. The third kappa shape index (κ3) is 0.996. The molecule has 0 saturated carbocycles. The van der Waals surface area contributed by atoms with Gasteiger partial charge in [-0.25, -0.2) is 9.37 Å². The monoisotopic (exact) mass is 277 g/mol. The Morgan fingerprint density at radius 1 is 1.50 bits per heavy atom. The molecular formula is C7H5FIN3. The van der Waals surface area contributed by atoms with Crippen LogP contribution in [0.3, 0.4) is 0 Å². The fourth-order valence-electron chi connectivity index (χ4n) is 1.04. The molecule has 5 heteroatoms. The van der Waals surface area contributed by atoms with Gasteiger partial charge < -0.3 is 0 Å². The van der Waals surface area contributed by atoms with Crippen molar-refractivity contribution in [1.29, 1.82) is 0 Å². The molecule has 3 nitrogen and oxygen atoms in total. The number of aryl methyl sites for hydroxylation is 1. The lowest BCUT2D eigenvalue weighted by Gasteiger charge is -1.95. The summed E-state index contributed by atoms with van der Waals surface area (Å²) in [6.45, 7) is 0. The van der Waals surface area contributed by atoms with Crippen LogP contribution >= 0.6 is 22.6 Å². The van der Waals surface area contributed by atoms with Crippen LogP contribution in [0.4, 0.5) is 4.39 Å². The quantitative estimate of drug-likeness (QED) is 0.686. The topological polar surface area (TPSA) is 30.7 Å². The Bertz CT molecular complexity index is 437. The number of pyridine rings is 1. The van der Waals surface area contributed by atoms with Crippen molar-refractivity contribution in [3.63, 3.8) is 0 Å². The molecule has 0 unspecified atom stereocenters. The number of nitrogens with zero attached hydrogens (tertiary/aromatic N) is 3. The highest BCUT2D eigenvalue weighted by Crippen LogP contribution is 2.19. The van der Waals surface area contributed by atoms with E-state index in [0.717, 1.165) is 5.39 Å². The molecule has 0 aliphatic heterocycles. The van der Waals surface area contributed by atoms with Crippen molar-refractivity contribution in [2.75, 3.05) is 0 Å². The summed E-state index contributed by atoms with van der Waals surface area (Å²) < 4.78 is 15.1. The second kappa shape index (κ2) is 2.65. The van der Waals surface area contributed by atoms with Crippen LogP contribution in [-0.2, 0) is 7.05 Å². The van der Waals surface area contributed by atoms with Crippen LogP contribution < -0.4 is 0 Å². The van der Waals surface area contributed by atoms with Crippen molar-refractivity contribution in [3.05, 3.63) is 21.8 Å². The summed E-state index contributed by atoms with van der Waals surface area (Å²) in [4.78, 5) is 3.92. The van der Waals surface area contributed by atoms with E-state index in [9.17, 15) is 4.39 Å². The molecule has 2 aromatic heterocycles. The van der Waals surface area contributed by atoms with Crippen molar-refractivity contribution < 1.29 is 4.39 Å². The first-order chi connectivity index (χ1) is 5.70. The average molecular weight is 277 g/mol. The molecule has 0 aromatic carbocycles. The normalized spacial score (nSPS) is 10.9. The predicted molar refractivity (Wildman–Crippen MR) is 51.2 cm³/mol. The second-order valence-corrected chi connectivity index (χ2v) is 3.50. The van der Waals surface area contributed by atoms with E-state index in [2.05, 4.69) is 10.1 Å². The van der Waals surface area contributed by atoms with Gasteiger partial charge in [-0.15, -0.1) is 0 Å². The molecule has 0 N–H and O–H groups in total. The molecule has 0 bridgehead atoms. The van der Waals surface area contributed by atoms with Gasteiger partial charge in [-0.3, -0.25) is 4.68 Å². The minimum atomic E-state index is -0.295. The van der Waals surface area contributed by atoms with Crippen LogP contribution in [0.25, 0.3) is 11.0 Å². The van der Waals surface area contributed by atoms with Gasteiger partial charge in [0.05, 0.1) is 21.4 Å². The third-order valence-electron chi connectivity index (χ3n) is 1.65. The molecule has 2 rings (SSSR count). The maximum absolute atomic E-state index is 13.0. The zero-order valence-electron chi connectivity index (χ0n) is 6.25. The Morgan fingerprint density at radius 3 is 3.00 bits per heavy atom. The lowest BCUT2D eigenvalue weighted by atomic mass is 10.3. The Kier molecular flexibility index (Phi) is 1.75. The fourth-order valence-corrected chi connectivity index (χ4v) is 1.56. The molecular weight excluding hydrogens is 272 g/mol. The average Bonchev–Trinajstić information content (AvgIpc) is 2.41. The zero-order valence-corrected chi connectivity index (χ0v) is 8.41. The van der Waals surface area contributed by atoms with Crippen LogP contribution in [-0.4, -0.2) is 14.8 Å². The Hall–Kier alpha value is -0.720. The first kappa shape index (κ1) is 7.90. The van der Waals surface area contributed by atoms with E-state index in [1.165, 1.54) is 6.20 Å². The van der Waals surface area contributed by atoms with Crippen molar-refractivity contribution in [1.82, 2.24) is 14.8 Å². The lowest BCUT2D eigenvalue weighted by Crippen LogP contribution is -1.93. The SMILES string of the molecule is Cn1ncc2c(I)c(F)cnc21. The molecule has 0 saturated heterocycles. The molecule has 0 atom stereocenters. The van der Waals surface area contributed by atoms with Crippen molar-refractivity contribution in [2.24, 2.45) is 7.05 Å².